The van der Waals surface area contributed by atoms with E-state index in [4.69, 9.17) is 10.00 Å². The standard InChI is InChI=1S/C22H20N4O3/c1-14-4-10-19(11-5-14)26-16(3)21(15(2)25-26)24-20(27)13-29-22(28)18-8-6-17(12-23)7-9-18/h4-11H,13H2,1-3H3,(H,24,27). The third kappa shape index (κ3) is 4.50. The number of ether oxygens (including phenoxy) is 1. The average Bonchev–Trinajstić information content (AvgIpc) is 3.01. The van der Waals surface area contributed by atoms with Crippen molar-refractivity contribution in [1.29, 1.82) is 5.26 Å². The number of hydrogen-bond acceptors (Lipinski definition) is 5. The topological polar surface area (TPSA) is 97.0 Å². The molecule has 3 aromatic rings. The summed E-state index contributed by atoms with van der Waals surface area (Å²) in [5.41, 5.74) is 4.78. The molecule has 0 aliphatic heterocycles. The van der Waals surface area contributed by atoms with Gasteiger partial charge in [-0.3, -0.25) is 4.79 Å². The SMILES string of the molecule is Cc1ccc(-n2nc(C)c(NC(=O)COC(=O)c3ccc(C#N)cc3)c2C)cc1. The molecule has 1 heterocycles. The van der Waals surface area contributed by atoms with E-state index in [1.54, 1.807) is 11.6 Å². The van der Waals surface area contributed by atoms with Gasteiger partial charge in [0, 0.05) is 0 Å². The Kier molecular flexibility index (Phi) is 5.74. The molecule has 1 aromatic heterocycles. The van der Waals surface area contributed by atoms with Gasteiger partial charge in [-0.25, -0.2) is 9.48 Å². The van der Waals surface area contributed by atoms with Crippen molar-refractivity contribution in [2.24, 2.45) is 0 Å². The summed E-state index contributed by atoms with van der Waals surface area (Å²) in [6.45, 7) is 5.25. The minimum Gasteiger partial charge on any atom is -0.452 e. The van der Waals surface area contributed by atoms with E-state index in [1.807, 2.05) is 44.2 Å². The van der Waals surface area contributed by atoms with Crippen molar-refractivity contribution in [3.63, 3.8) is 0 Å². The molecule has 1 N–H and O–H groups in total. The fourth-order valence-corrected chi connectivity index (χ4v) is 2.83. The molecular formula is C22H20N4O3. The first-order chi connectivity index (χ1) is 13.9. The van der Waals surface area contributed by atoms with Crippen LogP contribution in [0, 0.1) is 32.1 Å². The van der Waals surface area contributed by atoms with E-state index < -0.39 is 18.5 Å². The molecule has 0 atom stereocenters. The predicted octanol–water partition coefficient (Wildman–Crippen LogP) is 3.46. The molecule has 0 spiro atoms. The molecule has 0 fully saturated rings. The second kappa shape index (κ2) is 8.40. The van der Waals surface area contributed by atoms with E-state index in [0.717, 1.165) is 16.9 Å². The Morgan fingerprint density at radius 2 is 1.72 bits per heavy atom. The number of nitrogens with zero attached hydrogens (tertiary/aromatic N) is 3. The van der Waals surface area contributed by atoms with Gasteiger partial charge in [-0.2, -0.15) is 10.4 Å². The van der Waals surface area contributed by atoms with Crippen molar-refractivity contribution in [2.75, 3.05) is 11.9 Å². The van der Waals surface area contributed by atoms with Gasteiger partial charge in [-0.15, -0.1) is 0 Å². The number of carbonyl (C=O) groups is 2. The third-order valence-corrected chi connectivity index (χ3v) is 4.42. The molecule has 0 aliphatic carbocycles. The second-order valence-electron chi connectivity index (χ2n) is 6.61. The summed E-state index contributed by atoms with van der Waals surface area (Å²) >= 11 is 0. The summed E-state index contributed by atoms with van der Waals surface area (Å²) < 4.78 is 6.82. The Hall–Kier alpha value is -3.92. The summed E-state index contributed by atoms with van der Waals surface area (Å²) in [5.74, 6) is -1.09. The lowest BCUT2D eigenvalue weighted by Crippen LogP contribution is -2.21. The normalized spacial score (nSPS) is 10.3. The number of anilines is 1. The zero-order chi connectivity index (χ0) is 21.0. The van der Waals surface area contributed by atoms with E-state index >= 15 is 0 Å². The van der Waals surface area contributed by atoms with Gasteiger partial charge in [-0.1, -0.05) is 17.7 Å². The minimum atomic E-state index is -0.631. The van der Waals surface area contributed by atoms with Crippen LogP contribution in [-0.4, -0.2) is 28.3 Å². The van der Waals surface area contributed by atoms with Crippen LogP contribution in [0.25, 0.3) is 5.69 Å². The Morgan fingerprint density at radius 1 is 1.07 bits per heavy atom. The van der Waals surface area contributed by atoms with Crippen LogP contribution < -0.4 is 5.32 Å². The maximum atomic E-state index is 12.3. The van der Waals surface area contributed by atoms with E-state index in [1.165, 1.54) is 24.3 Å². The maximum Gasteiger partial charge on any atom is 0.338 e. The van der Waals surface area contributed by atoms with Crippen LogP contribution in [0.15, 0.2) is 48.5 Å². The van der Waals surface area contributed by atoms with Gasteiger partial charge in [0.1, 0.15) is 0 Å². The van der Waals surface area contributed by atoms with Gasteiger partial charge in [0.15, 0.2) is 6.61 Å². The van der Waals surface area contributed by atoms with Gasteiger partial charge < -0.3 is 10.1 Å². The van der Waals surface area contributed by atoms with Gasteiger partial charge in [0.05, 0.1) is 40.0 Å². The summed E-state index contributed by atoms with van der Waals surface area (Å²) in [6, 6.07) is 15.9. The molecule has 7 nitrogen and oxygen atoms in total. The fraction of sp³-hybridized carbons (Fsp3) is 0.182. The molecule has 1 amide bonds. The lowest BCUT2D eigenvalue weighted by Gasteiger charge is -2.08. The average molecular weight is 388 g/mol. The highest BCUT2D eigenvalue weighted by molar-refractivity contribution is 5.96. The molecule has 29 heavy (non-hydrogen) atoms. The quantitative estimate of drug-likeness (QED) is 0.675. The molecular weight excluding hydrogens is 368 g/mol. The van der Waals surface area contributed by atoms with Crippen molar-refractivity contribution in [3.05, 3.63) is 76.6 Å². The van der Waals surface area contributed by atoms with E-state index in [0.29, 0.717) is 16.9 Å². The number of carbonyl (C=O) groups excluding carboxylic acids is 2. The minimum absolute atomic E-state index is 0.274. The third-order valence-electron chi connectivity index (χ3n) is 4.42. The zero-order valence-corrected chi connectivity index (χ0v) is 16.4. The molecule has 146 valence electrons. The van der Waals surface area contributed by atoms with Crippen molar-refractivity contribution in [3.8, 4) is 11.8 Å². The van der Waals surface area contributed by atoms with Crippen LogP contribution in [0.5, 0.6) is 0 Å². The van der Waals surface area contributed by atoms with Gasteiger partial charge in [-0.05, 0) is 57.2 Å². The number of aromatic nitrogens is 2. The number of amides is 1. The fourth-order valence-electron chi connectivity index (χ4n) is 2.83. The predicted molar refractivity (Wildman–Crippen MR) is 108 cm³/mol. The van der Waals surface area contributed by atoms with E-state index in [-0.39, 0.29) is 5.56 Å². The number of hydrogen-bond donors (Lipinski definition) is 1. The zero-order valence-electron chi connectivity index (χ0n) is 16.4. The number of rotatable bonds is 5. The van der Waals surface area contributed by atoms with Crippen molar-refractivity contribution < 1.29 is 14.3 Å². The lowest BCUT2D eigenvalue weighted by molar-refractivity contribution is -0.119. The number of nitriles is 1. The van der Waals surface area contributed by atoms with Crippen LogP contribution in [0.2, 0.25) is 0 Å². The van der Waals surface area contributed by atoms with Gasteiger partial charge >= 0.3 is 5.97 Å². The molecule has 0 saturated heterocycles. The number of esters is 1. The summed E-state index contributed by atoms with van der Waals surface area (Å²) in [5, 5.41) is 16.0. The largest absolute Gasteiger partial charge is 0.452 e. The highest BCUT2D eigenvalue weighted by Gasteiger charge is 2.17. The van der Waals surface area contributed by atoms with Crippen LogP contribution in [0.3, 0.4) is 0 Å². The molecule has 0 radical (unpaired) electrons. The Labute approximate surface area is 168 Å². The molecule has 7 heteroatoms. The monoisotopic (exact) mass is 388 g/mol. The molecule has 2 aromatic carbocycles. The molecule has 3 rings (SSSR count). The Bertz CT molecular complexity index is 1090. The summed E-state index contributed by atoms with van der Waals surface area (Å²) in [4.78, 5) is 24.3. The van der Waals surface area contributed by atoms with Crippen molar-refractivity contribution in [1.82, 2.24) is 9.78 Å². The highest BCUT2D eigenvalue weighted by atomic mass is 16.5. The molecule has 0 bridgehead atoms. The van der Waals surface area contributed by atoms with Crippen LogP contribution in [0.4, 0.5) is 5.69 Å². The summed E-state index contributed by atoms with van der Waals surface area (Å²) in [7, 11) is 0. The second-order valence-corrected chi connectivity index (χ2v) is 6.61. The molecule has 0 aliphatic rings. The first kappa shape index (κ1) is 19.8. The highest BCUT2D eigenvalue weighted by Crippen LogP contribution is 2.23. The Balaban J connectivity index is 1.65. The van der Waals surface area contributed by atoms with E-state index in [2.05, 4.69) is 10.4 Å². The van der Waals surface area contributed by atoms with Crippen LogP contribution in [-0.2, 0) is 9.53 Å². The summed E-state index contributed by atoms with van der Waals surface area (Å²) in [6.07, 6.45) is 0. The van der Waals surface area contributed by atoms with Crippen molar-refractivity contribution in [2.45, 2.75) is 20.8 Å². The smallest absolute Gasteiger partial charge is 0.338 e. The first-order valence-electron chi connectivity index (χ1n) is 8.99. The number of nitrogens with one attached hydrogen (secondary N) is 1. The van der Waals surface area contributed by atoms with Crippen LogP contribution >= 0.6 is 0 Å². The van der Waals surface area contributed by atoms with Gasteiger partial charge in [0.2, 0.25) is 0 Å². The lowest BCUT2D eigenvalue weighted by atomic mass is 10.1. The maximum absolute atomic E-state index is 12.3. The Morgan fingerprint density at radius 3 is 2.34 bits per heavy atom. The number of aryl methyl sites for hydroxylation is 2. The number of benzene rings is 2. The molecule has 0 unspecified atom stereocenters. The first-order valence-corrected chi connectivity index (χ1v) is 8.99. The van der Waals surface area contributed by atoms with Crippen LogP contribution in [0.1, 0.15) is 32.9 Å². The molecule has 0 saturated carbocycles. The van der Waals surface area contributed by atoms with Gasteiger partial charge in [0.25, 0.3) is 5.91 Å². The van der Waals surface area contributed by atoms with E-state index in [9.17, 15) is 9.59 Å². The van der Waals surface area contributed by atoms with Crippen molar-refractivity contribution >= 4 is 17.6 Å².